The van der Waals surface area contributed by atoms with Gasteiger partial charge in [0.1, 0.15) is 0 Å². The van der Waals surface area contributed by atoms with Gasteiger partial charge < -0.3 is 14.2 Å². The van der Waals surface area contributed by atoms with Crippen LogP contribution < -0.4 is 19.6 Å². The van der Waals surface area contributed by atoms with Crippen molar-refractivity contribution >= 4 is 12.1 Å². The van der Waals surface area contributed by atoms with E-state index in [9.17, 15) is 4.79 Å². The van der Waals surface area contributed by atoms with E-state index in [-0.39, 0.29) is 5.91 Å². The molecule has 0 saturated heterocycles. The number of carbonyl (C=O) groups excluding carboxylic acids is 1. The first-order valence-corrected chi connectivity index (χ1v) is 7.84. The van der Waals surface area contributed by atoms with Gasteiger partial charge in [0, 0.05) is 12.0 Å². The normalized spacial score (nSPS) is 10.5. The molecule has 25 heavy (non-hydrogen) atoms. The number of aryl methyl sites for hydroxylation is 1. The average molecular weight is 342 g/mol. The number of amides is 1. The van der Waals surface area contributed by atoms with Crippen LogP contribution in [0.4, 0.5) is 0 Å². The monoisotopic (exact) mass is 342 g/mol. The van der Waals surface area contributed by atoms with Crippen LogP contribution in [-0.2, 0) is 11.2 Å². The minimum atomic E-state index is -0.153. The zero-order valence-electron chi connectivity index (χ0n) is 14.6. The first-order valence-electron chi connectivity index (χ1n) is 7.84. The van der Waals surface area contributed by atoms with Gasteiger partial charge in [-0.15, -0.1) is 0 Å². The lowest BCUT2D eigenvalue weighted by Gasteiger charge is -2.13. The van der Waals surface area contributed by atoms with Crippen molar-refractivity contribution in [1.29, 1.82) is 0 Å². The molecule has 6 heteroatoms. The molecule has 1 amide bonds. The summed E-state index contributed by atoms with van der Waals surface area (Å²) in [5.41, 5.74) is 4.31. The molecular weight excluding hydrogens is 320 g/mol. The Hall–Kier alpha value is -3.02. The first-order chi connectivity index (χ1) is 12.2. The number of carbonyl (C=O) groups is 1. The summed E-state index contributed by atoms with van der Waals surface area (Å²) < 4.78 is 15.9. The van der Waals surface area contributed by atoms with E-state index in [1.54, 1.807) is 19.2 Å². The maximum Gasteiger partial charge on any atom is 0.240 e. The summed E-state index contributed by atoms with van der Waals surface area (Å²) >= 11 is 0. The molecule has 0 spiro atoms. The highest BCUT2D eigenvalue weighted by atomic mass is 16.5. The smallest absolute Gasteiger partial charge is 0.240 e. The van der Waals surface area contributed by atoms with Crippen molar-refractivity contribution in [2.24, 2.45) is 5.10 Å². The van der Waals surface area contributed by atoms with Gasteiger partial charge in [0.25, 0.3) is 0 Å². The summed E-state index contributed by atoms with van der Waals surface area (Å²) in [6, 6.07) is 13.4. The standard InChI is InChI=1S/C19H22N2O4/c1-23-16-11-10-15(18(24-2)19(16)25-3)13-20-21-17(22)12-9-14-7-5-4-6-8-14/h4-8,10-11,13H,9,12H2,1-3H3,(H,21,22). The maximum atomic E-state index is 11.9. The van der Waals surface area contributed by atoms with E-state index >= 15 is 0 Å². The van der Waals surface area contributed by atoms with Crippen molar-refractivity contribution in [3.63, 3.8) is 0 Å². The summed E-state index contributed by atoms with van der Waals surface area (Å²) in [6.07, 6.45) is 2.55. The quantitative estimate of drug-likeness (QED) is 0.592. The summed E-state index contributed by atoms with van der Waals surface area (Å²) in [5, 5.41) is 3.99. The lowest BCUT2D eigenvalue weighted by Crippen LogP contribution is -2.18. The van der Waals surface area contributed by atoms with Crippen LogP contribution in [-0.4, -0.2) is 33.5 Å². The highest BCUT2D eigenvalue weighted by Crippen LogP contribution is 2.38. The highest BCUT2D eigenvalue weighted by Gasteiger charge is 2.14. The van der Waals surface area contributed by atoms with Crippen LogP contribution in [0.5, 0.6) is 17.2 Å². The van der Waals surface area contributed by atoms with Gasteiger partial charge in [-0.3, -0.25) is 4.79 Å². The van der Waals surface area contributed by atoms with Crippen LogP contribution in [0.25, 0.3) is 0 Å². The van der Waals surface area contributed by atoms with Crippen molar-refractivity contribution in [3.8, 4) is 17.2 Å². The summed E-state index contributed by atoms with van der Waals surface area (Å²) in [5.74, 6) is 1.37. The number of hydrazone groups is 1. The van der Waals surface area contributed by atoms with Gasteiger partial charge in [0.2, 0.25) is 11.7 Å². The van der Waals surface area contributed by atoms with E-state index in [0.717, 1.165) is 5.56 Å². The van der Waals surface area contributed by atoms with E-state index in [1.807, 2.05) is 30.3 Å². The lowest BCUT2D eigenvalue weighted by atomic mass is 10.1. The van der Waals surface area contributed by atoms with Gasteiger partial charge in [-0.1, -0.05) is 30.3 Å². The van der Waals surface area contributed by atoms with Crippen LogP contribution in [0.15, 0.2) is 47.6 Å². The molecule has 0 aliphatic rings. The molecule has 0 heterocycles. The Morgan fingerprint density at radius 3 is 2.36 bits per heavy atom. The molecule has 2 rings (SSSR count). The molecule has 2 aromatic carbocycles. The second kappa shape index (κ2) is 9.32. The zero-order chi connectivity index (χ0) is 18.1. The molecule has 1 N–H and O–H groups in total. The third-order valence-corrected chi connectivity index (χ3v) is 3.61. The molecule has 0 bridgehead atoms. The molecule has 2 aromatic rings. The number of hydrogen-bond donors (Lipinski definition) is 1. The van der Waals surface area contributed by atoms with Gasteiger partial charge in [-0.2, -0.15) is 5.10 Å². The second-order valence-corrected chi connectivity index (χ2v) is 5.20. The van der Waals surface area contributed by atoms with Gasteiger partial charge in [-0.05, 0) is 24.1 Å². The predicted molar refractivity (Wildman–Crippen MR) is 96.6 cm³/mol. The first kappa shape index (κ1) is 18.3. The molecule has 0 fully saturated rings. The van der Waals surface area contributed by atoms with Gasteiger partial charge >= 0.3 is 0 Å². The minimum absolute atomic E-state index is 0.153. The van der Waals surface area contributed by atoms with Gasteiger partial charge in [0.15, 0.2) is 11.5 Å². The molecule has 132 valence electrons. The number of ether oxygens (including phenoxy) is 3. The van der Waals surface area contributed by atoms with E-state index in [0.29, 0.717) is 35.7 Å². The summed E-state index contributed by atoms with van der Waals surface area (Å²) in [6.45, 7) is 0. The Morgan fingerprint density at radius 1 is 1.00 bits per heavy atom. The van der Waals surface area contributed by atoms with Gasteiger partial charge in [0.05, 0.1) is 27.5 Å². The molecule has 0 aliphatic heterocycles. The molecular formula is C19H22N2O4. The second-order valence-electron chi connectivity index (χ2n) is 5.20. The predicted octanol–water partition coefficient (Wildman–Crippen LogP) is 2.80. The van der Waals surface area contributed by atoms with Crippen LogP contribution in [0, 0.1) is 0 Å². The third kappa shape index (κ3) is 4.97. The largest absolute Gasteiger partial charge is 0.493 e. The highest BCUT2D eigenvalue weighted by molar-refractivity contribution is 5.87. The molecule has 0 saturated carbocycles. The molecule has 0 unspecified atom stereocenters. The average Bonchev–Trinajstić information content (AvgIpc) is 2.66. The van der Waals surface area contributed by atoms with Crippen molar-refractivity contribution in [2.75, 3.05) is 21.3 Å². The summed E-state index contributed by atoms with van der Waals surface area (Å²) in [4.78, 5) is 11.9. The van der Waals surface area contributed by atoms with E-state index in [4.69, 9.17) is 14.2 Å². The van der Waals surface area contributed by atoms with Crippen LogP contribution >= 0.6 is 0 Å². The van der Waals surface area contributed by atoms with Crippen LogP contribution in [0.1, 0.15) is 17.5 Å². The van der Waals surface area contributed by atoms with Crippen LogP contribution in [0.2, 0.25) is 0 Å². The Kier molecular flexibility index (Phi) is 6.83. The topological polar surface area (TPSA) is 69.2 Å². The SMILES string of the molecule is COc1ccc(C=NNC(=O)CCc2ccccc2)c(OC)c1OC. The number of nitrogens with one attached hydrogen (secondary N) is 1. The Bertz CT molecular complexity index is 730. The van der Waals surface area contributed by atoms with Crippen LogP contribution in [0.3, 0.4) is 0 Å². The Labute approximate surface area is 147 Å². The van der Waals surface area contributed by atoms with Crippen molar-refractivity contribution in [1.82, 2.24) is 5.43 Å². The Balaban J connectivity index is 1.98. The molecule has 0 aliphatic carbocycles. The van der Waals surface area contributed by atoms with Crippen molar-refractivity contribution in [3.05, 3.63) is 53.6 Å². The van der Waals surface area contributed by atoms with Gasteiger partial charge in [-0.25, -0.2) is 5.43 Å². The third-order valence-electron chi connectivity index (χ3n) is 3.61. The number of nitrogens with zero attached hydrogens (tertiary/aromatic N) is 1. The molecule has 0 aromatic heterocycles. The van der Waals surface area contributed by atoms with E-state index in [1.165, 1.54) is 20.4 Å². The van der Waals surface area contributed by atoms with Crippen molar-refractivity contribution < 1.29 is 19.0 Å². The summed E-state index contributed by atoms with van der Waals surface area (Å²) in [7, 11) is 4.62. The van der Waals surface area contributed by atoms with E-state index in [2.05, 4.69) is 10.5 Å². The molecule has 0 radical (unpaired) electrons. The Morgan fingerprint density at radius 2 is 1.72 bits per heavy atom. The minimum Gasteiger partial charge on any atom is -0.493 e. The fraction of sp³-hybridized carbons (Fsp3) is 0.263. The number of rotatable bonds is 8. The maximum absolute atomic E-state index is 11.9. The number of benzene rings is 2. The molecule has 6 nitrogen and oxygen atoms in total. The lowest BCUT2D eigenvalue weighted by molar-refractivity contribution is -0.121. The number of methoxy groups -OCH3 is 3. The fourth-order valence-electron chi connectivity index (χ4n) is 2.36. The zero-order valence-corrected chi connectivity index (χ0v) is 14.6. The van der Waals surface area contributed by atoms with E-state index < -0.39 is 0 Å². The molecule has 0 atom stereocenters. The number of hydrogen-bond acceptors (Lipinski definition) is 5. The van der Waals surface area contributed by atoms with Crippen molar-refractivity contribution in [2.45, 2.75) is 12.8 Å². The fourth-order valence-corrected chi connectivity index (χ4v) is 2.36.